The predicted molar refractivity (Wildman–Crippen MR) is 75.6 cm³/mol. The lowest BCUT2D eigenvalue weighted by atomic mass is 9.82. The van der Waals surface area contributed by atoms with Crippen LogP contribution in [0.2, 0.25) is 0 Å². The monoisotopic (exact) mass is 293 g/mol. The molecule has 5 heteroatoms. The number of halogens is 2. The van der Waals surface area contributed by atoms with E-state index < -0.39 is 28.8 Å². The van der Waals surface area contributed by atoms with Gasteiger partial charge in [0.15, 0.2) is 11.6 Å². The van der Waals surface area contributed by atoms with Gasteiger partial charge in [0.2, 0.25) is 5.91 Å². The van der Waals surface area contributed by atoms with Crippen LogP contribution >= 0.6 is 0 Å². The molecule has 0 radical (unpaired) electrons. The highest BCUT2D eigenvalue weighted by atomic mass is 19.1. The van der Waals surface area contributed by atoms with Gasteiger partial charge in [-0.05, 0) is 25.0 Å². The fraction of sp³-hybridized carbons (Fsp3) is 0.438. The maximum atomic E-state index is 13.7. The summed E-state index contributed by atoms with van der Waals surface area (Å²) in [5, 5.41) is 12.5. The summed E-state index contributed by atoms with van der Waals surface area (Å²) in [4.78, 5) is 11.9. The Bertz CT molecular complexity index is 563. The summed E-state index contributed by atoms with van der Waals surface area (Å²) in [6.45, 7) is 0. The number of nitrogens with one attached hydrogen (secondary N) is 1. The highest BCUT2D eigenvalue weighted by Crippen LogP contribution is 2.31. The fourth-order valence-corrected chi connectivity index (χ4v) is 2.65. The molecule has 1 fully saturated rings. The van der Waals surface area contributed by atoms with Crippen molar-refractivity contribution in [1.29, 1.82) is 0 Å². The molecule has 0 spiro atoms. The first kappa shape index (κ1) is 15.5. The van der Waals surface area contributed by atoms with E-state index in [1.807, 2.05) is 0 Å². The van der Waals surface area contributed by atoms with Crippen LogP contribution < -0.4 is 5.32 Å². The third-order valence-corrected chi connectivity index (χ3v) is 3.75. The van der Waals surface area contributed by atoms with Gasteiger partial charge in [-0.25, -0.2) is 8.78 Å². The van der Waals surface area contributed by atoms with E-state index in [-0.39, 0.29) is 12.0 Å². The fourth-order valence-electron chi connectivity index (χ4n) is 2.65. The van der Waals surface area contributed by atoms with Crippen LogP contribution in [0.5, 0.6) is 0 Å². The summed E-state index contributed by atoms with van der Waals surface area (Å²) in [7, 11) is 0. The second-order valence-corrected chi connectivity index (χ2v) is 5.47. The standard InChI is InChI=1S/C16H17F2NO2/c1-2-11-8-12(17)15(13(18)9-11)19-14(20)10-16(21)6-4-3-5-7-16/h1,8-9,21H,3-7,10H2,(H,19,20). The molecule has 3 nitrogen and oxygen atoms in total. The summed E-state index contributed by atoms with van der Waals surface area (Å²) in [5.41, 5.74) is -1.54. The van der Waals surface area contributed by atoms with Crippen LogP contribution in [0.3, 0.4) is 0 Å². The van der Waals surface area contributed by atoms with Crippen molar-refractivity contribution >= 4 is 11.6 Å². The van der Waals surface area contributed by atoms with E-state index in [0.717, 1.165) is 31.4 Å². The minimum Gasteiger partial charge on any atom is -0.389 e. The van der Waals surface area contributed by atoms with E-state index in [9.17, 15) is 18.7 Å². The van der Waals surface area contributed by atoms with E-state index >= 15 is 0 Å². The molecule has 1 saturated carbocycles. The van der Waals surface area contributed by atoms with Gasteiger partial charge in [-0.1, -0.05) is 25.2 Å². The molecule has 0 saturated heterocycles. The summed E-state index contributed by atoms with van der Waals surface area (Å²) in [6.07, 6.45) is 8.70. The molecule has 1 amide bonds. The zero-order chi connectivity index (χ0) is 15.5. The average Bonchev–Trinajstić information content (AvgIpc) is 2.42. The lowest BCUT2D eigenvalue weighted by Crippen LogP contribution is -2.36. The summed E-state index contributed by atoms with van der Waals surface area (Å²) in [5.74, 6) is -0.326. The van der Waals surface area contributed by atoms with Crippen molar-refractivity contribution in [3.05, 3.63) is 29.3 Å². The zero-order valence-electron chi connectivity index (χ0n) is 11.6. The Morgan fingerprint density at radius 2 is 1.86 bits per heavy atom. The molecule has 21 heavy (non-hydrogen) atoms. The molecular weight excluding hydrogens is 276 g/mol. The van der Waals surface area contributed by atoms with Gasteiger partial charge in [-0.2, -0.15) is 0 Å². The first-order valence-corrected chi connectivity index (χ1v) is 6.91. The Kier molecular flexibility index (Phi) is 4.59. The van der Waals surface area contributed by atoms with Gasteiger partial charge in [0.25, 0.3) is 0 Å². The van der Waals surface area contributed by atoms with Crippen molar-refractivity contribution in [1.82, 2.24) is 0 Å². The van der Waals surface area contributed by atoms with Crippen LogP contribution in [0.1, 0.15) is 44.1 Å². The third kappa shape index (κ3) is 3.79. The zero-order valence-corrected chi connectivity index (χ0v) is 11.6. The molecule has 0 aromatic heterocycles. The Morgan fingerprint density at radius 3 is 2.38 bits per heavy atom. The number of anilines is 1. The maximum absolute atomic E-state index is 13.7. The van der Waals surface area contributed by atoms with E-state index in [0.29, 0.717) is 12.8 Å². The second kappa shape index (κ2) is 6.23. The van der Waals surface area contributed by atoms with Crippen LogP contribution in [-0.2, 0) is 4.79 Å². The molecule has 0 bridgehead atoms. The number of carbonyl (C=O) groups excluding carboxylic acids is 1. The number of terminal acetylenes is 1. The quantitative estimate of drug-likeness (QED) is 0.842. The SMILES string of the molecule is C#Cc1cc(F)c(NC(=O)CC2(O)CCCCC2)c(F)c1. The minimum atomic E-state index is -1.08. The molecule has 0 heterocycles. The van der Waals surface area contributed by atoms with Gasteiger partial charge in [-0.3, -0.25) is 4.79 Å². The highest BCUT2D eigenvalue weighted by Gasteiger charge is 2.32. The number of hydrogen-bond acceptors (Lipinski definition) is 2. The van der Waals surface area contributed by atoms with Gasteiger partial charge in [-0.15, -0.1) is 6.42 Å². The maximum Gasteiger partial charge on any atom is 0.227 e. The van der Waals surface area contributed by atoms with Crippen LogP contribution in [-0.4, -0.2) is 16.6 Å². The van der Waals surface area contributed by atoms with Gasteiger partial charge < -0.3 is 10.4 Å². The Labute approximate surface area is 122 Å². The van der Waals surface area contributed by atoms with Crippen molar-refractivity contribution in [2.24, 2.45) is 0 Å². The Balaban J connectivity index is 2.08. The molecule has 2 rings (SSSR count). The number of benzene rings is 1. The van der Waals surface area contributed by atoms with E-state index in [1.165, 1.54) is 0 Å². The summed E-state index contributed by atoms with van der Waals surface area (Å²) in [6, 6.07) is 1.96. The summed E-state index contributed by atoms with van der Waals surface area (Å²) < 4.78 is 27.4. The normalized spacial score (nSPS) is 17.0. The Hall–Kier alpha value is -1.93. The lowest BCUT2D eigenvalue weighted by Gasteiger charge is -2.31. The average molecular weight is 293 g/mol. The van der Waals surface area contributed by atoms with Gasteiger partial charge in [0.05, 0.1) is 12.0 Å². The van der Waals surface area contributed by atoms with Crippen molar-refractivity contribution in [2.75, 3.05) is 5.32 Å². The van der Waals surface area contributed by atoms with Crippen LogP contribution in [0.25, 0.3) is 0 Å². The van der Waals surface area contributed by atoms with Crippen molar-refractivity contribution in [3.8, 4) is 12.3 Å². The van der Waals surface area contributed by atoms with Crippen LogP contribution in [0, 0.1) is 24.0 Å². The van der Waals surface area contributed by atoms with Crippen molar-refractivity contribution < 1.29 is 18.7 Å². The molecule has 0 atom stereocenters. The molecule has 0 aliphatic heterocycles. The molecule has 1 aliphatic rings. The largest absolute Gasteiger partial charge is 0.389 e. The minimum absolute atomic E-state index is 0.0638. The first-order chi connectivity index (χ1) is 9.93. The smallest absolute Gasteiger partial charge is 0.227 e. The number of rotatable bonds is 3. The lowest BCUT2D eigenvalue weighted by molar-refractivity contribution is -0.122. The second-order valence-electron chi connectivity index (χ2n) is 5.47. The molecule has 0 unspecified atom stereocenters. The Morgan fingerprint density at radius 1 is 1.29 bits per heavy atom. The molecule has 2 N–H and O–H groups in total. The van der Waals surface area contributed by atoms with Crippen molar-refractivity contribution in [3.63, 3.8) is 0 Å². The molecular formula is C16H17F2NO2. The van der Waals surface area contributed by atoms with Gasteiger partial charge in [0.1, 0.15) is 5.69 Å². The van der Waals surface area contributed by atoms with Crippen LogP contribution in [0.15, 0.2) is 12.1 Å². The van der Waals surface area contributed by atoms with Crippen molar-refractivity contribution in [2.45, 2.75) is 44.1 Å². The molecule has 1 aromatic rings. The number of aliphatic hydroxyl groups is 1. The third-order valence-electron chi connectivity index (χ3n) is 3.75. The number of carbonyl (C=O) groups is 1. The molecule has 1 aliphatic carbocycles. The predicted octanol–water partition coefficient (Wildman–Crippen LogP) is 2.97. The number of hydrogen-bond donors (Lipinski definition) is 2. The van der Waals surface area contributed by atoms with Gasteiger partial charge in [0, 0.05) is 5.56 Å². The molecule has 112 valence electrons. The van der Waals surface area contributed by atoms with Gasteiger partial charge >= 0.3 is 0 Å². The van der Waals surface area contributed by atoms with E-state index in [2.05, 4.69) is 11.2 Å². The summed E-state index contributed by atoms with van der Waals surface area (Å²) >= 11 is 0. The number of amides is 1. The topological polar surface area (TPSA) is 49.3 Å². The highest BCUT2D eigenvalue weighted by molar-refractivity contribution is 5.91. The van der Waals surface area contributed by atoms with E-state index in [1.54, 1.807) is 0 Å². The van der Waals surface area contributed by atoms with Crippen LogP contribution in [0.4, 0.5) is 14.5 Å². The van der Waals surface area contributed by atoms with E-state index in [4.69, 9.17) is 6.42 Å². The molecule has 1 aromatic carbocycles. The first-order valence-electron chi connectivity index (χ1n) is 6.91.